The zero-order valence-corrected chi connectivity index (χ0v) is 18.0. The average Bonchev–Trinajstić information content (AvgIpc) is 2.74. The van der Waals surface area contributed by atoms with Gasteiger partial charge in [-0.05, 0) is 55.0 Å². The summed E-state index contributed by atoms with van der Waals surface area (Å²) >= 11 is 0. The Labute approximate surface area is 177 Å². The summed E-state index contributed by atoms with van der Waals surface area (Å²) in [4.78, 5) is 8.51. The maximum Gasteiger partial charge on any atom is 0.417 e. The summed E-state index contributed by atoms with van der Waals surface area (Å²) in [5.41, 5.74) is 3.54. The molecule has 0 radical (unpaired) electrons. The largest absolute Gasteiger partial charge is 0.417 e. The molecule has 3 rings (SSSR count). The molecule has 1 aromatic heterocycles. The van der Waals surface area contributed by atoms with E-state index in [2.05, 4.69) is 46.8 Å². The number of unbranched alkanes of at least 4 members (excludes halogenated alkanes) is 2. The smallest absolute Gasteiger partial charge is 0.354 e. The first kappa shape index (κ1) is 22.6. The van der Waals surface area contributed by atoms with Gasteiger partial charge in [-0.1, -0.05) is 38.0 Å². The van der Waals surface area contributed by atoms with Crippen molar-refractivity contribution in [1.29, 1.82) is 0 Å². The van der Waals surface area contributed by atoms with Gasteiger partial charge < -0.3 is 4.90 Å². The SMILES string of the molecule is CCCCCc1cc(CCN2CCN(c3ccc(C(F)(F)F)cn3)CC2)ccc1C. The molecule has 30 heavy (non-hydrogen) atoms. The van der Waals surface area contributed by atoms with E-state index in [1.165, 1.54) is 42.0 Å². The summed E-state index contributed by atoms with van der Waals surface area (Å²) in [5, 5.41) is 0. The van der Waals surface area contributed by atoms with Gasteiger partial charge >= 0.3 is 6.18 Å². The molecule has 1 saturated heterocycles. The molecule has 2 heterocycles. The Morgan fingerprint density at radius 2 is 1.73 bits per heavy atom. The van der Waals surface area contributed by atoms with Crippen molar-refractivity contribution in [2.24, 2.45) is 0 Å². The number of aryl methyl sites for hydroxylation is 2. The fraction of sp³-hybridized carbons (Fsp3) is 0.542. The van der Waals surface area contributed by atoms with E-state index in [4.69, 9.17) is 0 Å². The third-order valence-corrected chi connectivity index (χ3v) is 5.95. The van der Waals surface area contributed by atoms with Crippen molar-refractivity contribution in [1.82, 2.24) is 9.88 Å². The number of nitrogens with zero attached hydrogens (tertiary/aromatic N) is 3. The molecule has 0 spiro atoms. The quantitative estimate of drug-likeness (QED) is 0.526. The second-order valence-electron chi connectivity index (χ2n) is 8.20. The molecule has 3 nitrogen and oxygen atoms in total. The van der Waals surface area contributed by atoms with E-state index in [1.54, 1.807) is 0 Å². The van der Waals surface area contributed by atoms with Gasteiger partial charge in [0, 0.05) is 38.9 Å². The van der Waals surface area contributed by atoms with E-state index in [0.717, 1.165) is 57.8 Å². The highest BCUT2D eigenvalue weighted by Crippen LogP contribution is 2.29. The molecule has 2 aromatic rings. The fourth-order valence-corrected chi connectivity index (χ4v) is 3.94. The standard InChI is InChI=1S/C24H32F3N3/c1-3-4-5-6-21-17-20(8-7-19(21)2)11-12-29-13-15-30(16-14-29)23-10-9-22(18-28-23)24(25,26)27/h7-10,17-18H,3-6,11-16H2,1-2H3. The van der Waals surface area contributed by atoms with Crippen molar-refractivity contribution in [3.05, 3.63) is 58.8 Å². The number of aromatic nitrogens is 1. The zero-order valence-electron chi connectivity index (χ0n) is 18.0. The molecule has 1 fully saturated rings. The van der Waals surface area contributed by atoms with Crippen LogP contribution < -0.4 is 4.90 Å². The molecule has 0 aliphatic carbocycles. The second-order valence-corrected chi connectivity index (χ2v) is 8.20. The van der Waals surface area contributed by atoms with E-state index in [9.17, 15) is 13.2 Å². The van der Waals surface area contributed by atoms with E-state index in [0.29, 0.717) is 5.82 Å². The first-order valence-corrected chi connectivity index (χ1v) is 11.0. The summed E-state index contributed by atoms with van der Waals surface area (Å²) in [7, 11) is 0. The van der Waals surface area contributed by atoms with Crippen LogP contribution in [0.1, 0.15) is 48.4 Å². The van der Waals surface area contributed by atoms with Crippen LogP contribution in [0.2, 0.25) is 0 Å². The number of rotatable bonds is 8. The van der Waals surface area contributed by atoms with Crippen molar-refractivity contribution in [3.8, 4) is 0 Å². The minimum atomic E-state index is -4.34. The molecule has 1 aromatic carbocycles. The molecule has 0 saturated carbocycles. The summed E-state index contributed by atoms with van der Waals surface area (Å²) in [6.45, 7) is 8.81. The molecule has 0 atom stereocenters. The van der Waals surface area contributed by atoms with E-state index < -0.39 is 11.7 Å². The number of benzene rings is 1. The Morgan fingerprint density at radius 1 is 0.967 bits per heavy atom. The molecule has 1 aliphatic heterocycles. The number of pyridine rings is 1. The normalized spacial score (nSPS) is 15.6. The molecule has 164 valence electrons. The molecular formula is C24H32F3N3. The predicted octanol–water partition coefficient (Wildman–Crippen LogP) is 5.51. The second kappa shape index (κ2) is 10.3. The van der Waals surface area contributed by atoms with Crippen LogP contribution in [0, 0.1) is 6.92 Å². The summed E-state index contributed by atoms with van der Waals surface area (Å²) in [5.74, 6) is 0.623. The summed E-state index contributed by atoms with van der Waals surface area (Å²) < 4.78 is 38.1. The Morgan fingerprint density at radius 3 is 2.37 bits per heavy atom. The molecule has 0 bridgehead atoms. The maximum atomic E-state index is 12.7. The lowest BCUT2D eigenvalue weighted by atomic mass is 9.98. The Balaban J connectivity index is 1.47. The average molecular weight is 420 g/mol. The van der Waals surface area contributed by atoms with Crippen LogP contribution in [0.25, 0.3) is 0 Å². The van der Waals surface area contributed by atoms with Gasteiger partial charge in [0.05, 0.1) is 5.56 Å². The molecule has 0 N–H and O–H groups in total. The lowest BCUT2D eigenvalue weighted by molar-refractivity contribution is -0.137. The van der Waals surface area contributed by atoms with Crippen LogP contribution in [-0.4, -0.2) is 42.6 Å². The van der Waals surface area contributed by atoms with E-state index in [-0.39, 0.29) is 0 Å². The minimum Gasteiger partial charge on any atom is -0.354 e. The number of hydrogen-bond donors (Lipinski definition) is 0. The molecule has 1 aliphatic rings. The highest BCUT2D eigenvalue weighted by Gasteiger charge is 2.31. The third kappa shape index (κ3) is 6.21. The fourth-order valence-electron chi connectivity index (χ4n) is 3.94. The molecule has 0 amide bonds. The van der Waals surface area contributed by atoms with Crippen LogP contribution in [0.5, 0.6) is 0 Å². The first-order valence-electron chi connectivity index (χ1n) is 11.0. The van der Waals surface area contributed by atoms with Gasteiger partial charge in [-0.3, -0.25) is 4.90 Å². The topological polar surface area (TPSA) is 19.4 Å². The van der Waals surface area contributed by atoms with Crippen LogP contribution in [0.15, 0.2) is 36.5 Å². The lowest BCUT2D eigenvalue weighted by Crippen LogP contribution is -2.47. The number of halogens is 3. The zero-order chi connectivity index (χ0) is 21.6. The van der Waals surface area contributed by atoms with Crippen LogP contribution in [0.3, 0.4) is 0 Å². The van der Waals surface area contributed by atoms with Gasteiger partial charge in [0.15, 0.2) is 0 Å². The Hall–Kier alpha value is -2.08. The van der Waals surface area contributed by atoms with Crippen LogP contribution in [-0.2, 0) is 19.0 Å². The third-order valence-electron chi connectivity index (χ3n) is 5.95. The number of piperazine rings is 1. The van der Waals surface area contributed by atoms with Crippen molar-refractivity contribution in [2.45, 2.75) is 52.1 Å². The van der Waals surface area contributed by atoms with Crippen LogP contribution in [0.4, 0.5) is 19.0 Å². The Bertz CT molecular complexity index is 794. The number of alkyl halides is 3. The predicted molar refractivity (Wildman–Crippen MR) is 116 cm³/mol. The van der Waals surface area contributed by atoms with Crippen molar-refractivity contribution >= 4 is 5.82 Å². The molecule has 0 unspecified atom stereocenters. The van der Waals surface area contributed by atoms with Crippen molar-refractivity contribution < 1.29 is 13.2 Å². The highest BCUT2D eigenvalue weighted by molar-refractivity contribution is 5.40. The van der Waals surface area contributed by atoms with Crippen molar-refractivity contribution in [3.63, 3.8) is 0 Å². The summed E-state index contributed by atoms with van der Waals surface area (Å²) in [6.07, 6.45) is 2.55. The minimum absolute atomic E-state index is 0.623. The van der Waals surface area contributed by atoms with Gasteiger partial charge in [-0.15, -0.1) is 0 Å². The van der Waals surface area contributed by atoms with Gasteiger partial charge in [-0.25, -0.2) is 4.98 Å². The summed E-state index contributed by atoms with van der Waals surface area (Å²) in [6, 6.07) is 9.44. The van der Waals surface area contributed by atoms with Gasteiger partial charge in [0.25, 0.3) is 0 Å². The lowest BCUT2D eigenvalue weighted by Gasteiger charge is -2.35. The Kier molecular flexibility index (Phi) is 7.75. The van der Waals surface area contributed by atoms with E-state index >= 15 is 0 Å². The number of hydrogen-bond acceptors (Lipinski definition) is 3. The number of anilines is 1. The molecular weight excluding hydrogens is 387 g/mol. The highest BCUT2D eigenvalue weighted by atomic mass is 19.4. The first-order chi connectivity index (χ1) is 14.4. The van der Waals surface area contributed by atoms with Gasteiger partial charge in [0.2, 0.25) is 0 Å². The van der Waals surface area contributed by atoms with Gasteiger partial charge in [-0.2, -0.15) is 13.2 Å². The van der Waals surface area contributed by atoms with Crippen LogP contribution >= 0.6 is 0 Å². The van der Waals surface area contributed by atoms with Gasteiger partial charge in [0.1, 0.15) is 5.82 Å². The van der Waals surface area contributed by atoms with E-state index in [1.807, 2.05) is 0 Å². The maximum absolute atomic E-state index is 12.7. The molecule has 6 heteroatoms. The van der Waals surface area contributed by atoms with Crippen molar-refractivity contribution in [2.75, 3.05) is 37.6 Å². The monoisotopic (exact) mass is 419 g/mol.